The molecule has 1 unspecified atom stereocenters. The highest BCUT2D eigenvalue weighted by atomic mass is 35.5. The van der Waals surface area contributed by atoms with Crippen molar-refractivity contribution in [3.63, 3.8) is 0 Å². The van der Waals surface area contributed by atoms with Crippen molar-refractivity contribution in [2.75, 3.05) is 25.0 Å². The lowest BCUT2D eigenvalue weighted by Gasteiger charge is -2.24. The predicted molar refractivity (Wildman–Crippen MR) is 101 cm³/mol. The Kier molecular flexibility index (Phi) is 5.69. The number of benzene rings is 1. The van der Waals surface area contributed by atoms with Crippen molar-refractivity contribution in [1.29, 1.82) is 0 Å². The Morgan fingerprint density at radius 3 is 2.92 bits per heavy atom. The fourth-order valence-corrected chi connectivity index (χ4v) is 3.45. The van der Waals surface area contributed by atoms with Crippen LogP contribution in [0.4, 0.5) is 5.82 Å². The lowest BCUT2D eigenvalue weighted by atomic mass is 9.99. The molecule has 0 aliphatic carbocycles. The van der Waals surface area contributed by atoms with Crippen LogP contribution in [0.5, 0.6) is 0 Å². The summed E-state index contributed by atoms with van der Waals surface area (Å²) >= 11 is 6.12. The molecule has 4 nitrogen and oxygen atoms in total. The highest BCUT2D eigenvalue weighted by Gasteiger charge is 2.16. The minimum atomic E-state index is 0.661. The van der Waals surface area contributed by atoms with E-state index in [-0.39, 0.29) is 0 Å². The van der Waals surface area contributed by atoms with Crippen molar-refractivity contribution < 1.29 is 0 Å². The monoisotopic (exact) mass is 344 g/mol. The van der Waals surface area contributed by atoms with E-state index in [9.17, 15) is 0 Å². The molecule has 24 heavy (non-hydrogen) atoms. The van der Waals surface area contributed by atoms with Crippen LogP contribution >= 0.6 is 11.6 Å². The Morgan fingerprint density at radius 2 is 2.21 bits per heavy atom. The zero-order valence-corrected chi connectivity index (χ0v) is 15.2. The van der Waals surface area contributed by atoms with E-state index >= 15 is 0 Å². The van der Waals surface area contributed by atoms with E-state index in [1.54, 1.807) is 0 Å². The van der Waals surface area contributed by atoms with Gasteiger partial charge in [0.1, 0.15) is 5.82 Å². The van der Waals surface area contributed by atoms with Crippen LogP contribution in [0.1, 0.15) is 31.0 Å². The van der Waals surface area contributed by atoms with Crippen molar-refractivity contribution in [1.82, 2.24) is 15.3 Å². The van der Waals surface area contributed by atoms with Gasteiger partial charge in [-0.3, -0.25) is 0 Å². The number of hydrogen-bond acceptors (Lipinski definition) is 4. The summed E-state index contributed by atoms with van der Waals surface area (Å²) in [6, 6.07) is 7.72. The Hall–Kier alpha value is -1.65. The highest BCUT2D eigenvalue weighted by molar-refractivity contribution is 6.30. The first-order valence-corrected chi connectivity index (χ1v) is 9.13. The van der Waals surface area contributed by atoms with Crippen molar-refractivity contribution >= 4 is 17.4 Å². The standard InChI is InChI=1S/C19H25ClN4/c1-3-17-13(2)23-18(15-7-4-8-16(20)10-15)24-19(17)22-12-14-6-5-9-21-11-14/h4,7-8,10,14,21H,3,5-6,9,11-12H2,1-2H3,(H,22,23,24). The van der Waals surface area contributed by atoms with E-state index in [1.165, 1.54) is 18.4 Å². The Bertz CT molecular complexity index is 696. The summed E-state index contributed by atoms with van der Waals surface area (Å²) in [4.78, 5) is 9.49. The number of piperidine rings is 1. The van der Waals surface area contributed by atoms with Gasteiger partial charge in [-0.15, -0.1) is 0 Å². The molecule has 128 valence electrons. The molecule has 1 aliphatic heterocycles. The molecule has 3 rings (SSSR count). The van der Waals surface area contributed by atoms with Gasteiger partial charge in [-0.05, 0) is 57.3 Å². The Morgan fingerprint density at radius 1 is 1.33 bits per heavy atom. The van der Waals surface area contributed by atoms with Gasteiger partial charge in [0.05, 0.1) is 0 Å². The van der Waals surface area contributed by atoms with E-state index in [0.29, 0.717) is 10.9 Å². The number of halogens is 1. The SMILES string of the molecule is CCc1c(C)nc(-c2cccc(Cl)c2)nc1NCC1CCCNC1. The fraction of sp³-hybridized carbons (Fsp3) is 0.474. The maximum Gasteiger partial charge on any atom is 0.161 e. The van der Waals surface area contributed by atoms with Crippen molar-refractivity contribution in [2.24, 2.45) is 5.92 Å². The van der Waals surface area contributed by atoms with E-state index in [1.807, 2.05) is 24.3 Å². The Labute approximate surface area is 149 Å². The largest absolute Gasteiger partial charge is 0.369 e. The first-order chi connectivity index (χ1) is 11.7. The topological polar surface area (TPSA) is 49.8 Å². The summed E-state index contributed by atoms with van der Waals surface area (Å²) in [6.45, 7) is 7.38. The van der Waals surface area contributed by atoms with Crippen LogP contribution in [0.15, 0.2) is 24.3 Å². The average Bonchev–Trinajstić information content (AvgIpc) is 2.60. The molecule has 0 saturated carbocycles. The number of nitrogens with zero attached hydrogens (tertiary/aromatic N) is 2. The molecule has 1 aromatic heterocycles. The van der Waals surface area contributed by atoms with Gasteiger partial charge in [0.15, 0.2) is 5.82 Å². The van der Waals surface area contributed by atoms with Crippen LogP contribution in [0.25, 0.3) is 11.4 Å². The van der Waals surface area contributed by atoms with Gasteiger partial charge in [0.2, 0.25) is 0 Å². The second-order valence-corrected chi connectivity index (χ2v) is 6.85. The molecule has 0 bridgehead atoms. The second kappa shape index (κ2) is 7.95. The molecule has 1 aromatic carbocycles. The molecule has 0 radical (unpaired) electrons. The summed E-state index contributed by atoms with van der Waals surface area (Å²) in [5.74, 6) is 2.36. The molecule has 1 atom stereocenters. The number of aryl methyl sites for hydroxylation is 1. The molecular weight excluding hydrogens is 320 g/mol. The van der Waals surface area contributed by atoms with Crippen molar-refractivity contribution in [3.05, 3.63) is 40.5 Å². The lowest BCUT2D eigenvalue weighted by molar-refractivity contribution is 0.392. The predicted octanol–water partition coefficient (Wildman–Crippen LogP) is 4.08. The summed E-state index contributed by atoms with van der Waals surface area (Å²) in [5, 5.41) is 7.75. The van der Waals surface area contributed by atoms with Crippen LogP contribution in [-0.2, 0) is 6.42 Å². The summed E-state index contributed by atoms with van der Waals surface area (Å²) in [7, 11) is 0. The van der Waals surface area contributed by atoms with E-state index < -0.39 is 0 Å². The molecule has 0 amide bonds. The summed E-state index contributed by atoms with van der Waals surface area (Å²) < 4.78 is 0. The van der Waals surface area contributed by atoms with Gasteiger partial charge < -0.3 is 10.6 Å². The van der Waals surface area contributed by atoms with Crippen LogP contribution < -0.4 is 10.6 Å². The molecular formula is C19H25ClN4. The minimum Gasteiger partial charge on any atom is -0.369 e. The molecule has 2 N–H and O–H groups in total. The molecule has 1 saturated heterocycles. The van der Waals surface area contributed by atoms with E-state index in [2.05, 4.69) is 29.5 Å². The zero-order valence-electron chi connectivity index (χ0n) is 14.4. The molecule has 2 heterocycles. The van der Waals surface area contributed by atoms with Crippen LogP contribution in [0.2, 0.25) is 5.02 Å². The third kappa shape index (κ3) is 4.05. The normalized spacial score (nSPS) is 17.7. The third-order valence-electron chi connectivity index (χ3n) is 4.61. The molecule has 2 aromatic rings. The second-order valence-electron chi connectivity index (χ2n) is 6.42. The third-order valence-corrected chi connectivity index (χ3v) is 4.84. The highest BCUT2D eigenvalue weighted by Crippen LogP contribution is 2.25. The van der Waals surface area contributed by atoms with Gasteiger partial charge in [0.25, 0.3) is 0 Å². The van der Waals surface area contributed by atoms with Gasteiger partial charge >= 0.3 is 0 Å². The molecule has 0 spiro atoms. The lowest BCUT2D eigenvalue weighted by Crippen LogP contribution is -2.33. The first kappa shape index (κ1) is 17.2. The number of rotatable bonds is 5. The molecule has 5 heteroatoms. The van der Waals surface area contributed by atoms with Crippen LogP contribution in [0.3, 0.4) is 0 Å². The van der Waals surface area contributed by atoms with Crippen LogP contribution in [-0.4, -0.2) is 29.6 Å². The molecule has 1 fully saturated rings. The van der Waals surface area contributed by atoms with Crippen molar-refractivity contribution in [3.8, 4) is 11.4 Å². The number of nitrogens with one attached hydrogen (secondary N) is 2. The van der Waals surface area contributed by atoms with E-state index in [0.717, 1.165) is 49.0 Å². The number of anilines is 1. The smallest absolute Gasteiger partial charge is 0.161 e. The maximum atomic E-state index is 6.12. The summed E-state index contributed by atoms with van der Waals surface area (Å²) in [5.41, 5.74) is 3.19. The Balaban J connectivity index is 1.85. The van der Waals surface area contributed by atoms with E-state index in [4.69, 9.17) is 16.6 Å². The summed E-state index contributed by atoms with van der Waals surface area (Å²) in [6.07, 6.45) is 3.45. The van der Waals surface area contributed by atoms with Gasteiger partial charge in [0, 0.05) is 28.4 Å². The van der Waals surface area contributed by atoms with Gasteiger partial charge in [-0.1, -0.05) is 30.7 Å². The minimum absolute atomic E-state index is 0.661. The average molecular weight is 345 g/mol. The molecule has 1 aliphatic rings. The maximum absolute atomic E-state index is 6.12. The van der Waals surface area contributed by atoms with Gasteiger partial charge in [-0.2, -0.15) is 0 Å². The number of hydrogen-bond donors (Lipinski definition) is 2. The van der Waals surface area contributed by atoms with Crippen molar-refractivity contribution in [2.45, 2.75) is 33.1 Å². The van der Waals surface area contributed by atoms with Crippen LogP contribution in [0, 0.1) is 12.8 Å². The fourth-order valence-electron chi connectivity index (χ4n) is 3.26. The first-order valence-electron chi connectivity index (χ1n) is 8.75. The zero-order chi connectivity index (χ0) is 16.9. The van der Waals surface area contributed by atoms with Gasteiger partial charge in [-0.25, -0.2) is 9.97 Å². The quantitative estimate of drug-likeness (QED) is 0.858. The number of aromatic nitrogens is 2.